The summed E-state index contributed by atoms with van der Waals surface area (Å²) in [4.78, 5) is 4.51. The quantitative estimate of drug-likeness (QED) is 0.490. The predicted octanol–water partition coefficient (Wildman–Crippen LogP) is 1.74. The van der Waals surface area contributed by atoms with Crippen molar-refractivity contribution in [1.29, 1.82) is 0 Å². The van der Waals surface area contributed by atoms with Crippen LogP contribution in [0.5, 0.6) is 5.75 Å². The zero-order valence-corrected chi connectivity index (χ0v) is 20.0. The van der Waals surface area contributed by atoms with Gasteiger partial charge in [-0.2, -0.15) is 0 Å². The molecule has 4 heterocycles. The molecule has 3 fully saturated rings. The summed E-state index contributed by atoms with van der Waals surface area (Å²) in [5.41, 5.74) is 1.90. The molecule has 5 atom stereocenters. The second kappa shape index (κ2) is 9.37. The van der Waals surface area contributed by atoms with E-state index in [1.54, 1.807) is 7.11 Å². The number of methoxy groups -OCH3 is 1. The zero-order valence-electron chi connectivity index (χ0n) is 18.4. The zero-order chi connectivity index (χ0) is 20.6. The highest BCUT2D eigenvalue weighted by atomic mass is 79.9. The molecule has 1 N–H and O–H groups in total. The van der Waals surface area contributed by atoms with E-state index in [9.17, 15) is 5.11 Å². The van der Waals surface area contributed by atoms with Crippen LogP contribution in [0, 0.1) is 17.8 Å². The van der Waals surface area contributed by atoms with Gasteiger partial charge in [0.05, 0.1) is 32.3 Å². The van der Waals surface area contributed by atoms with Crippen molar-refractivity contribution >= 4 is 10.9 Å². The molecule has 5 rings (SSSR count). The molecule has 0 radical (unpaired) electrons. The van der Waals surface area contributed by atoms with Crippen molar-refractivity contribution in [2.75, 3.05) is 26.7 Å². The Hall–Kier alpha value is -1.43. The predicted molar refractivity (Wildman–Crippen MR) is 118 cm³/mol. The fraction of sp³-hybridized carbons (Fsp3) is 0.560. The van der Waals surface area contributed by atoms with E-state index in [2.05, 4.69) is 31.5 Å². The highest BCUT2D eigenvalue weighted by Gasteiger charge is 2.53. The van der Waals surface area contributed by atoms with E-state index in [0.29, 0.717) is 17.8 Å². The number of benzene rings is 1. The van der Waals surface area contributed by atoms with Crippen molar-refractivity contribution in [3.05, 3.63) is 48.7 Å². The molecule has 30 heavy (non-hydrogen) atoms. The van der Waals surface area contributed by atoms with Gasteiger partial charge in [-0.1, -0.05) is 19.9 Å². The Morgan fingerprint density at radius 1 is 1.33 bits per heavy atom. The Bertz CT molecular complexity index is 887. The van der Waals surface area contributed by atoms with Crippen LogP contribution in [0.25, 0.3) is 10.9 Å². The van der Waals surface area contributed by atoms with Crippen LogP contribution in [0.1, 0.15) is 44.8 Å². The van der Waals surface area contributed by atoms with Gasteiger partial charge in [0, 0.05) is 30.3 Å². The topological polar surface area (TPSA) is 42.4 Å². The van der Waals surface area contributed by atoms with E-state index >= 15 is 0 Å². The molecule has 0 spiro atoms. The fourth-order valence-corrected chi connectivity index (χ4v) is 5.74. The number of piperidine rings is 3. The standard InChI is InChI=1S/C25H35N2O2.BrH/c1-5-18-16-27(12-9-17(2)3)13-10-19(18)14-24(27)25(28)21-8-11-26-23-7-6-20(29-4)15-22(21)23;/h5-8,11,15,17-19,24-25,28H,1,9-10,12-14,16H2,2-4H3;1H/q+1;/p-1/t18?,19?,24-,25+,27?;/m1./s1. The van der Waals surface area contributed by atoms with Crippen molar-refractivity contribution in [3.8, 4) is 5.75 Å². The summed E-state index contributed by atoms with van der Waals surface area (Å²) in [7, 11) is 1.68. The summed E-state index contributed by atoms with van der Waals surface area (Å²) in [6, 6.07) is 8.17. The van der Waals surface area contributed by atoms with Crippen LogP contribution in [0.4, 0.5) is 0 Å². The Labute approximate surface area is 191 Å². The summed E-state index contributed by atoms with van der Waals surface area (Å²) < 4.78 is 6.47. The van der Waals surface area contributed by atoms with E-state index in [1.807, 2.05) is 30.5 Å². The molecule has 3 unspecified atom stereocenters. The molecular weight excluding hydrogens is 440 g/mol. The van der Waals surface area contributed by atoms with Crippen molar-refractivity contribution < 1.29 is 31.3 Å². The minimum Gasteiger partial charge on any atom is -1.00 e. The van der Waals surface area contributed by atoms with Crippen molar-refractivity contribution in [3.63, 3.8) is 0 Å². The molecular formula is C25H35BrN2O2. The molecule has 164 valence electrons. The average molecular weight is 475 g/mol. The largest absolute Gasteiger partial charge is 1.00 e. The van der Waals surface area contributed by atoms with Gasteiger partial charge in [0.25, 0.3) is 0 Å². The smallest absolute Gasteiger partial charge is 0.131 e. The number of aliphatic hydroxyl groups excluding tert-OH is 1. The maximum Gasteiger partial charge on any atom is 0.131 e. The molecule has 5 heteroatoms. The number of fused-ring (bicyclic) bond motifs is 4. The van der Waals surface area contributed by atoms with Gasteiger partial charge in [-0.05, 0) is 48.1 Å². The van der Waals surface area contributed by atoms with Gasteiger partial charge in [-0.25, -0.2) is 0 Å². The van der Waals surface area contributed by atoms with Gasteiger partial charge in [0.2, 0.25) is 0 Å². The molecule has 1 aromatic heterocycles. The molecule has 0 aliphatic carbocycles. The molecule has 4 nitrogen and oxygen atoms in total. The summed E-state index contributed by atoms with van der Waals surface area (Å²) in [5.74, 6) is 2.70. The number of quaternary nitrogens is 1. The number of halogens is 1. The number of nitrogens with zero attached hydrogens (tertiary/aromatic N) is 2. The van der Waals surface area contributed by atoms with Crippen LogP contribution in [0.3, 0.4) is 0 Å². The second-order valence-corrected chi connectivity index (χ2v) is 9.51. The van der Waals surface area contributed by atoms with Gasteiger partial charge in [0.15, 0.2) is 0 Å². The van der Waals surface area contributed by atoms with Crippen LogP contribution in [-0.4, -0.2) is 47.4 Å². The maximum atomic E-state index is 11.7. The second-order valence-electron chi connectivity index (χ2n) is 9.51. The van der Waals surface area contributed by atoms with E-state index in [0.717, 1.165) is 46.2 Å². The summed E-state index contributed by atoms with van der Waals surface area (Å²) in [6.45, 7) is 12.2. The lowest BCUT2D eigenvalue weighted by Crippen LogP contribution is -3.00. The van der Waals surface area contributed by atoms with Crippen molar-refractivity contribution in [1.82, 2.24) is 4.98 Å². The molecule has 3 saturated heterocycles. The first-order valence-electron chi connectivity index (χ1n) is 11.1. The Kier molecular flexibility index (Phi) is 7.26. The first-order valence-corrected chi connectivity index (χ1v) is 11.1. The first-order chi connectivity index (χ1) is 14.0. The highest BCUT2D eigenvalue weighted by Crippen LogP contribution is 2.47. The number of hydrogen-bond acceptors (Lipinski definition) is 3. The van der Waals surface area contributed by atoms with Gasteiger partial charge in [-0.3, -0.25) is 4.98 Å². The maximum absolute atomic E-state index is 11.7. The number of aromatic nitrogens is 1. The van der Waals surface area contributed by atoms with Crippen LogP contribution < -0.4 is 21.7 Å². The number of aliphatic hydroxyl groups is 1. The summed E-state index contributed by atoms with van der Waals surface area (Å²) >= 11 is 0. The molecule has 2 aromatic rings. The van der Waals surface area contributed by atoms with E-state index < -0.39 is 6.10 Å². The van der Waals surface area contributed by atoms with E-state index in [4.69, 9.17) is 4.74 Å². The normalized spacial score (nSPS) is 28.9. The average Bonchev–Trinajstić information content (AvgIpc) is 2.76. The third-order valence-corrected chi connectivity index (χ3v) is 7.49. The fourth-order valence-electron chi connectivity index (χ4n) is 5.74. The van der Waals surface area contributed by atoms with Crippen LogP contribution in [0.2, 0.25) is 0 Å². The molecule has 2 bridgehead atoms. The summed E-state index contributed by atoms with van der Waals surface area (Å²) in [6.07, 6.45) is 7.03. The SMILES string of the molecule is C=CC1C[N+]2(CCC(C)C)CCC1C[C@@H]2[C@@H](O)c1ccnc2ccc(OC)cc12.[Br-]. The Morgan fingerprint density at radius 3 is 2.83 bits per heavy atom. The Balaban J connectivity index is 0.00000256. The molecule has 3 aliphatic rings. The van der Waals surface area contributed by atoms with E-state index in [1.165, 1.54) is 19.4 Å². The minimum atomic E-state index is -0.492. The van der Waals surface area contributed by atoms with Crippen LogP contribution >= 0.6 is 0 Å². The lowest BCUT2D eigenvalue weighted by Gasteiger charge is -2.58. The lowest BCUT2D eigenvalue weighted by molar-refractivity contribution is -0.973. The number of hydrogen-bond donors (Lipinski definition) is 1. The van der Waals surface area contributed by atoms with Gasteiger partial charge in [0.1, 0.15) is 17.9 Å². The first kappa shape index (κ1) is 23.2. The van der Waals surface area contributed by atoms with E-state index in [-0.39, 0.29) is 23.0 Å². The van der Waals surface area contributed by atoms with Crippen molar-refractivity contribution in [2.45, 2.75) is 45.3 Å². The lowest BCUT2D eigenvalue weighted by atomic mass is 9.71. The van der Waals surface area contributed by atoms with Gasteiger partial charge in [-0.15, -0.1) is 6.58 Å². The summed E-state index contributed by atoms with van der Waals surface area (Å²) in [5, 5.41) is 12.7. The third kappa shape index (κ3) is 4.17. The highest BCUT2D eigenvalue weighted by molar-refractivity contribution is 5.83. The number of pyridine rings is 1. The third-order valence-electron chi connectivity index (χ3n) is 7.49. The number of rotatable bonds is 7. The van der Waals surface area contributed by atoms with Crippen molar-refractivity contribution in [2.24, 2.45) is 17.8 Å². The molecule has 3 aliphatic heterocycles. The van der Waals surface area contributed by atoms with Gasteiger partial charge < -0.3 is 31.3 Å². The van der Waals surface area contributed by atoms with Crippen LogP contribution in [0.15, 0.2) is 43.1 Å². The molecule has 0 saturated carbocycles. The molecule has 0 amide bonds. The van der Waals surface area contributed by atoms with Gasteiger partial charge >= 0.3 is 0 Å². The molecule has 1 aromatic carbocycles. The Morgan fingerprint density at radius 2 is 2.13 bits per heavy atom. The number of ether oxygens (including phenoxy) is 1. The monoisotopic (exact) mass is 474 g/mol. The minimum absolute atomic E-state index is 0. The van der Waals surface area contributed by atoms with Crippen LogP contribution in [-0.2, 0) is 0 Å².